The van der Waals surface area contributed by atoms with E-state index in [0.717, 1.165) is 49.0 Å². The van der Waals surface area contributed by atoms with Gasteiger partial charge in [0, 0.05) is 0 Å². The van der Waals surface area contributed by atoms with Crippen molar-refractivity contribution in [2.45, 2.75) is 76.5 Å². The summed E-state index contributed by atoms with van der Waals surface area (Å²) in [5.74, 6) is 1.79. The third kappa shape index (κ3) is 7.69. The van der Waals surface area contributed by atoms with Crippen molar-refractivity contribution >= 4 is 0 Å². The fraction of sp³-hybridized carbons (Fsp3) is 0.577. The van der Waals surface area contributed by atoms with Crippen LogP contribution in [-0.2, 0) is 0 Å². The van der Waals surface area contributed by atoms with E-state index in [0.29, 0.717) is 5.92 Å². The molecule has 2 aliphatic rings. The highest BCUT2D eigenvalue weighted by molar-refractivity contribution is 5.30. The fourth-order valence-corrected chi connectivity index (χ4v) is 5.43. The molecule has 0 aliphatic heterocycles. The zero-order chi connectivity index (χ0) is 23.0. The van der Waals surface area contributed by atoms with E-state index in [-0.39, 0.29) is 5.75 Å². The van der Waals surface area contributed by atoms with Crippen LogP contribution < -0.4 is 4.74 Å². The Morgan fingerprint density at radius 3 is 2.12 bits per heavy atom. The first-order valence-corrected chi connectivity index (χ1v) is 11.6. The molecule has 0 spiro atoms. The molecular formula is C26H31F4NO. The predicted molar refractivity (Wildman–Crippen MR) is 116 cm³/mol. The minimum absolute atomic E-state index is 0.159. The zero-order valence-electron chi connectivity index (χ0n) is 18.3. The van der Waals surface area contributed by atoms with Gasteiger partial charge in [0.25, 0.3) is 0 Å². The Labute approximate surface area is 188 Å². The molecule has 2 aliphatic carbocycles. The van der Waals surface area contributed by atoms with E-state index in [1.54, 1.807) is 18.2 Å². The Bertz CT molecular complexity index is 806. The maximum absolute atomic E-state index is 12.7. The third-order valence-corrected chi connectivity index (χ3v) is 7.14. The van der Waals surface area contributed by atoms with Gasteiger partial charge in [-0.1, -0.05) is 37.1 Å². The van der Waals surface area contributed by atoms with Crippen LogP contribution in [0.15, 0.2) is 48.3 Å². The molecule has 0 atom stereocenters. The monoisotopic (exact) mass is 449 g/mol. The van der Waals surface area contributed by atoms with Crippen LogP contribution in [0, 0.1) is 29.1 Å². The van der Waals surface area contributed by atoms with Gasteiger partial charge >= 0.3 is 6.36 Å². The van der Waals surface area contributed by atoms with Crippen molar-refractivity contribution in [3.05, 3.63) is 53.9 Å². The number of rotatable bonds is 7. The van der Waals surface area contributed by atoms with Crippen LogP contribution in [-0.4, -0.2) is 6.36 Å². The number of hydrogen-bond donors (Lipinski definition) is 0. The average molecular weight is 450 g/mol. The van der Waals surface area contributed by atoms with Gasteiger partial charge in [-0.25, -0.2) is 0 Å². The van der Waals surface area contributed by atoms with Gasteiger partial charge in [-0.3, -0.25) is 0 Å². The van der Waals surface area contributed by atoms with Crippen LogP contribution in [0.5, 0.6) is 5.75 Å². The Morgan fingerprint density at radius 2 is 1.56 bits per heavy atom. The van der Waals surface area contributed by atoms with Crippen molar-refractivity contribution in [1.82, 2.24) is 0 Å². The first-order valence-electron chi connectivity index (χ1n) is 11.6. The SMILES string of the molecule is N#C/C(F)=C/C=C/CCC1CCC([C@H]2CC[C@H](c3ccc(OC(F)(F)F)cc3)CC2)CC1. The van der Waals surface area contributed by atoms with Gasteiger partial charge in [-0.05, 0) is 98.8 Å². The highest BCUT2D eigenvalue weighted by Gasteiger charge is 2.32. The Balaban J connectivity index is 1.37. The lowest BCUT2D eigenvalue weighted by Gasteiger charge is -2.38. The molecule has 0 saturated heterocycles. The lowest BCUT2D eigenvalue weighted by Crippen LogP contribution is -2.25. The average Bonchev–Trinajstić information content (AvgIpc) is 2.79. The summed E-state index contributed by atoms with van der Waals surface area (Å²) in [6, 6.07) is 7.85. The van der Waals surface area contributed by atoms with E-state index in [2.05, 4.69) is 4.74 Å². The third-order valence-electron chi connectivity index (χ3n) is 7.14. The lowest BCUT2D eigenvalue weighted by molar-refractivity contribution is -0.274. The number of nitriles is 1. The van der Waals surface area contributed by atoms with Crippen molar-refractivity contribution in [1.29, 1.82) is 5.26 Å². The Kier molecular flexibility index (Phi) is 8.78. The summed E-state index contributed by atoms with van der Waals surface area (Å²) in [4.78, 5) is 0. The molecule has 174 valence electrons. The summed E-state index contributed by atoms with van der Waals surface area (Å²) >= 11 is 0. The summed E-state index contributed by atoms with van der Waals surface area (Å²) in [6.45, 7) is 0. The van der Waals surface area contributed by atoms with Crippen molar-refractivity contribution in [3.8, 4) is 11.8 Å². The smallest absolute Gasteiger partial charge is 0.406 e. The summed E-state index contributed by atoms with van der Waals surface area (Å²) in [6.07, 6.45) is 11.8. The van der Waals surface area contributed by atoms with E-state index >= 15 is 0 Å². The maximum atomic E-state index is 12.7. The molecule has 6 heteroatoms. The molecule has 0 bridgehead atoms. The van der Waals surface area contributed by atoms with Crippen molar-refractivity contribution in [2.75, 3.05) is 0 Å². The largest absolute Gasteiger partial charge is 0.573 e. The van der Waals surface area contributed by atoms with Crippen LogP contribution >= 0.6 is 0 Å². The molecule has 1 aromatic carbocycles. The van der Waals surface area contributed by atoms with Crippen LogP contribution in [0.3, 0.4) is 0 Å². The number of allylic oxidation sites excluding steroid dienone is 4. The minimum Gasteiger partial charge on any atom is -0.406 e. The van der Waals surface area contributed by atoms with Gasteiger partial charge < -0.3 is 4.74 Å². The first-order chi connectivity index (χ1) is 15.3. The summed E-state index contributed by atoms with van der Waals surface area (Å²) in [7, 11) is 0. The second kappa shape index (κ2) is 11.5. The van der Waals surface area contributed by atoms with Crippen LogP contribution in [0.2, 0.25) is 0 Å². The van der Waals surface area contributed by atoms with Gasteiger partial charge in [0.15, 0.2) is 5.83 Å². The zero-order valence-corrected chi connectivity index (χ0v) is 18.3. The molecule has 32 heavy (non-hydrogen) atoms. The van der Waals surface area contributed by atoms with Gasteiger partial charge in [0.1, 0.15) is 11.8 Å². The van der Waals surface area contributed by atoms with Crippen molar-refractivity contribution < 1.29 is 22.3 Å². The van der Waals surface area contributed by atoms with E-state index < -0.39 is 12.2 Å². The quantitative estimate of drug-likeness (QED) is 0.238. The number of alkyl halides is 3. The highest BCUT2D eigenvalue weighted by atomic mass is 19.4. The number of hydrogen-bond acceptors (Lipinski definition) is 2. The van der Waals surface area contributed by atoms with Gasteiger partial charge in [-0.15, -0.1) is 13.2 Å². The standard InChI is InChI=1S/C26H31F4NO/c27-24(18-31)5-3-1-2-4-19-6-8-20(9-7-19)21-10-12-22(13-11-21)23-14-16-25(17-15-23)32-26(28,29)30/h1,3,5,14-17,19-22H,2,4,6-13H2/b3-1+,24-5-/t19?,20?,21-,22-. The minimum atomic E-state index is -4.65. The van der Waals surface area contributed by atoms with E-state index in [1.807, 2.05) is 6.08 Å². The number of halogens is 4. The van der Waals surface area contributed by atoms with Crippen molar-refractivity contribution in [3.63, 3.8) is 0 Å². The first kappa shape index (κ1) is 24.4. The molecule has 2 fully saturated rings. The number of ether oxygens (including phenoxy) is 1. The summed E-state index contributed by atoms with van der Waals surface area (Å²) < 4.78 is 53.7. The highest BCUT2D eigenvalue weighted by Crippen LogP contribution is 2.44. The van der Waals surface area contributed by atoms with Crippen LogP contribution in [0.4, 0.5) is 17.6 Å². The van der Waals surface area contributed by atoms with E-state index in [4.69, 9.17) is 5.26 Å². The second-order valence-corrected chi connectivity index (χ2v) is 9.14. The number of nitrogens with zero attached hydrogens (tertiary/aromatic N) is 1. The predicted octanol–water partition coefficient (Wildman–Crippen LogP) is 8.38. The number of benzene rings is 1. The molecule has 1 aromatic rings. The molecular weight excluding hydrogens is 418 g/mol. The summed E-state index contributed by atoms with van der Waals surface area (Å²) in [5, 5.41) is 8.38. The second-order valence-electron chi connectivity index (χ2n) is 9.14. The normalized spacial score (nSPS) is 27.3. The van der Waals surface area contributed by atoms with Crippen molar-refractivity contribution in [2.24, 2.45) is 17.8 Å². The molecule has 0 unspecified atom stereocenters. The molecule has 0 aromatic heterocycles. The summed E-state index contributed by atoms with van der Waals surface area (Å²) in [5.41, 5.74) is 1.11. The molecule has 0 amide bonds. The molecule has 0 N–H and O–H groups in total. The molecule has 0 radical (unpaired) electrons. The maximum Gasteiger partial charge on any atom is 0.573 e. The Hall–Kier alpha value is -2.29. The molecule has 3 rings (SSSR count). The molecule has 2 nitrogen and oxygen atoms in total. The Morgan fingerprint density at radius 1 is 0.969 bits per heavy atom. The van der Waals surface area contributed by atoms with Gasteiger partial charge in [0.05, 0.1) is 0 Å². The van der Waals surface area contributed by atoms with Gasteiger partial charge in [0.2, 0.25) is 0 Å². The lowest BCUT2D eigenvalue weighted by atomic mass is 9.68. The topological polar surface area (TPSA) is 33.0 Å². The molecule has 2 saturated carbocycles. The van der Waals surface area contributed by atoms with E-state index in [9.17, 15) is 17.6 Å². The molecule has 0 heterocycles. The van der Waals surface area contributed by atoms with Gasteiger partial charge in [-0.2, -0.15) is 9.65 Å². The van der Waals surface area contributed by atoms with Crippen LogP contribution in [0.1, 0.15) is 75.7 Å². The fourth-order valence-electron chi connectivity index (χ4n) is 5.43. The van der Waals surface area contributed by atoms with Crippen LogP contribution in [0.25, 0.3) is 0 Å². The van der Waals surface area contributed by atoms with E-state index in [1.165, 1.54) is 62.8 Å².